The third-order valence-electron chi connectivity index (χ3n) is 3.27. The van der Waals surface area contributed by atoms with Gasteiger partial charge in [-0.3, -0.25) is 0 Å². The van der Waals surface area contributed by atoms with Crippen molar-refractivity contribution in [3.8, 4) is 5.75 Å². The van der Waals surface area contributed by atoms with E-state index in [1.807, 2.05) is 37.3 Å². The van der Waals surface area contributed by atoms with Crippen LogP contribution in [-0.4, -0.2) is 6.04 Å². The summed E-state index contributed by atoms with van der Waals surface area (Å²) in [5, 5.41) is 5.14. The van der Waals surface area contributed by atoms with E-state index in [-0.39, 0.29) is 12.1 Å². The Morgan fingerprint density at radius 2 is 1.85 bits per heavy atom. The summed E-state index contributed by atoms with van der Waals surface area (Å²) in [5.74, 6) is 0.624. The molecule has 0 saturated carbocycles. The molecule has 0 bridgehead atoms. The highest BCUT2D eigenvalue weighted by molar-refractivity contribution is 6.36. The summed E-state index contributed by atoms with van der Waals surface area (Å²) >= 11 is 18.3. The number of rotatable bonds is 1. The Hall–Kier alpha value is -1.09. The molecule has 2 nitrogen and oxygen atoms in total. The van der Waals surface area contributed by atoms with Gasteiger partial charge in [-0.1, -0.05) is 46.9 Å². The van der Waals surface area contributed by atoms with Gasteiger partial charge in [0.1, 0.15) is 6.10 Å². The van der Waals surface area contributed by atoms with Crippen molar-refractivity contribution in [2.75, 3.05) is 5.32 Å². The lowest BCUT2D eigenvalue weighted by Gasteiger charge is -2.34. The van der Waals surface area contributed by atoms with Crippen molar-refractivity contribution in [2.45, 2.75) is 19.1 Å². The Labute approximate surface area is 132 Å². The van der Waals surface area contributed by atoms with Gasteiger partial charge >= 0.3 is 0 Å². The predicted molar refractivity (Wildman–Crippen MR) is 84.4 cm³/mol. The first-order valence-electron chi connectivity index (χ1n) is 6.22. The number of halogens is 3. The van der Waals surface area contributed by atoms with Crippen LogP contribution in [0.2, 0.25) is 15.1 Å². The average Bonchev–Trinajstić information content (AvgIpc) is 2.37. The Morgan fingerprint density at radius 1 is 1.05 bits per heavy atom. The summed E-state index contributed by atoms with van der Waals surface area (Å²) in [6.45, 7) is 2.04. The fourth-order valence-electron chi connectivity index (χ4n) is 2.38. The molecule has 2 aromatic rings. The van der Waals surface area contributed by atoms with E-state index >= 15 is 0 Å². The molecule has 5 heteroatoms. The lowest BCUT2D eigenvalue weighted by molar-refractivity contribution is 0.178. The van der Waals surface area contributed by atoms with Crippen LogP contribution < -0.4 is 10.1 Å². The molecule has 0 saturated heterocycles. The number of hydrogen-bond donors (Lipinski definition) is 1. The van der Waals surface area contributed by atoms with Crippen LogP contribution >= 0.6 is 34.8 Å². The SMILES string of the molecule is CC1Nc2cc(Cl)cc(Cl)c2OC1c1cccc(Cl)c1. The smallest absolute Gasteiger partial charge is 0.162 e. The van der Waals surface area contributed by atoms with Gasteiger partial charge in [-0.2, -0.15) is 0 Å². The van der Waals surface area contributed by atoms with Crippen LogP contribution in [0.15, 0.2) is 36.4 Å². The number of benzene rings is 2. The largest absolute Gasteiger partial charge is 0.480 e. The maximum Gasteiger partial charge on any atom is 0.162 e. The predicted octanol–water partition coefficient (Wildman–Crippen LogP) is 5.58. The lowest BCUT2D eigenvalue weighted by Crippen LogP contribution is -2.32. The second-order valence-electron chi connectivity index (χ2n) is 4.79. The van der Waals surface area contributed by atoms with E-state index in [1.54, 1.807) is 6.07 Å². The fourth-order valence-corrected chi connectivity index (χ4v) is 3.11. The lowest BCUT2D eigenvalue weighted by atomic mass is 10.0. The zero-order valence-corrected chi connectivity index (χ0v) is 12.9. The molecular weight excluding hydrogens is 317 g/mol. The van der Waals surface area contributed by atoms with Crippen LogP contribution in [0.25, 0.3) is 0 Å². The van der Waals surface area contributed by atoms with E-state index in [9.17, 15) is 0 Å². The van der Waals surface area contributed by atoms with Crippen LogP contribution in [0.4, 0.5) is 5.69 Å². The maximum absolute atomic E-state index is 6.20. The Bertz CT molecular complexity index is 660. The quantitative estimate of drug-likeness (QED) is 0.737. The molecule has 1 aliphatic rings. The van der Waals surface area contributed by atoms with E-state index in [0.717, 1.165) is 11.3 Å². The molecule has 0 aliphatic carbocycles. The molecule has 0 amide bonds. The summed E-state index contributed by atoms with van der Waals surface area (Å²) in [7, 11) is 0. The molecule has 0 spiro atoms. The topological polar surface area (TPSA) is 21.3 Å². The van der Waals surface area contributed by atoms with E-state index < -0.39 is 0 Å². The van der Waals surface area contributed by atoms with Gasteiger partial charge < -0.3 is 10.1 Å². The van der Waals surface area contributed by atoms with Gasteiger partial charge in [-0.15, -0.1) is 0 Å². The number of ether oxygens (including phenoxy) is 1. The molecule has 1 aliphatic heterocycles. The molecule has 20 heavy (non-hydrogen) atoms. The highest BCUT2D eigenvalue weighted by Gasteiger charge is 2.29. The Morgan fingerprint density at radius 3 is 2.60 bits per heavy atom. The van der Waals surface area contributed by atoms with Gasteiger partial charge in [0, 0.05) is 10.0 Å². The van der Waals surface area contributed by atoms with Crippen molar-refractivity contribution in [1.82, 2.24) is 0 Å². The van der Waals surface area contributed by atoms with Crippen molar-refractivity contribution in [3.63, 3.8) is 0 Å². The summed E-state index contributed by atoms with van der Waals surface area (Å²) < 4.78 is 6.06. The van der Waals surface area contributed by atoms with Gasteiger partial charge in [-0.05, 0) is 36.8 Å². The first-order chi connectivity index (χ1) is 9.54. The van der Waals surface area contributed by atoms with Crippen LogP contribution in [0.1, 0.15) is 18.6 Å². The van der Waals surface area contributed by atoms with Crippen LogP contribution in [-0.2, 0) is 0 Å². The molecule has 1 heterocycles. The zero-order valence-electron chi connectivity index (χ0n) is 10.7. The van der Waals surface area contributed by atoms with Crippen LogP contribution in [0, 0.1) is 0 Å². The standard InChI is InChI=1S/C15H12Cl3NO/c1-8-14(9-3-2-4-10(16)5-9)20-15-12(18)6-11(17)7-13(15)19-8/h2-8,14,19H,1H3. The fraction of sp³-hybridized carbons (Fsp3) is 0.200. The summed E-state index contributed by atoms with van der Waals surface area (Å²) in [6.07, 6.45) is -0.153. The van der Waals surface area contributed by atoms with Gasteiger partial charge in [0.2, 0.25) is 0 Å². The van der Waals surface area contributed by atoms with Gasteiger partial charge in [-0.25, -0.2) is 0 Å². The first kappa shape index (κ1) is 13.9. The number of fused-ring (bicyclic) bond motifs is 1. The highest BCUT2D eigenvalue weighted by Crippen LogP contribution is 2.43. The Kier molecular flexibility index (Phi) is 3.72. The minimum atomic E-state index is -0.153. The highest BCUT2D eigenvalue weighted by atomic mass is 35.5. The molecule has 104 valence electrons. The minimum Gasteiger partial charge on any atom is -0.480 e. The van der Waals surface area contributed by atoms with Gasteiger partial charge in [0.25, 0.3) is 0 Å². The van der Waals surface area contributed by atoms with Crippen molar-refractivity contribution in [1.29, 1.82) is 0 Å². The molecule has 2 atom stereocenters. The average molecular weight is 329 g/mol. The number of nitrogens with one attached hydrogen (secondary N) is 1. The third kappa shape index (κ3) is 2.56. The first-order valence-corrected chi connectivity index (χ1v) is 7.35. The molecular formula is C15H12Cl3NO. The molecule has 2 unspecified atom stereocenters. The Balaban J connectivity index is 2.00. The number of hydrogen-bond acceptors (Lipinski definition) is 2. The van der Waals surface area contributed by atoms with E-state index in [4.69, 9.17) is 39.5 Å². The molecule has 0 aromatic heterocycles. The van der Waals surface area contributed by atoms with Crippen molar-refractivity contribution in [3.05, 3.63) is 57.0 Å². The van der Waals surface area contributed by atoms with Crippen molar-refractivity contribution in [2.24, 2.45) is 0 Å². The second-order valence-corrected chi connectivity index (χ2v) is 6.07. The zero-order chi connectivity index (χ0) is 14.3. The normalized spacial score (nSPS) is 20.8. The monoisotopic (exact) mass is 327 g/mol. The van der Waals surface area contributed by atoms with Crippen LogP contribution in [0.3, 0.4) is 0 Å². The van der Waals surface area contributed by atoms with E-state index in [1.165, 1.54) is 0 Å². The number of anilines is 1. The summed E-state index contributed by atoms with van der Waals surface area (Å²) in [6, 6.07) is 11.2. The molecule has 1 N–H and O–H groups in total. The molecule has 3 rings (SSSR count). The third-order valence-corrected chi connectivity index (χ3v) is 4.00. The summed E-state index contributed by atoms with van der Waals surface area (Å²) in [5.41, 5.74) is 1.82. The van der Waals surface area contributed by atoms with Gasteiger partial charge in [0.05, 0.1) is 16.8 Å². The van der Waals surface area contributed by atoms with Crippen LogP contribution in [0.5, 0.6) is 5.75 Å². The van der Waals surface area contributed by atoms with Crippen molar-refractivity contribution < 1.29 is 4.74 Å². The van der Waals surface area contributed by atoms with E-state index in [2.05, 4.69) is 5.32 Å². The summed E-state index contributed by atoms with van der Waals surface area (Å²) in [4.78, 5) is 0. The van der Waals surface area contributed by atoms with Crippen molar-refractivity contribution >= 4 is 40.5 Å². The van der Waals surface area contributed by atoms with Gasteiger partial charge in [0.15, 0.2) is 5.75 Å². The molecule has 2 aromatic carbocycles. The second kappa shape index (κ2) is 5.36. The molecule has 0 radical (unpaired) electrons. The van der Waals surface area contributed by atoms with E-state index in [0.29, 0.717) is 20.8 Å². The maximum atomic E-state index is 6.20. The molecule has 0 fully saturated rings. The minimum absolute atomic E-state index is 0.0792.